The van der Waals surface area contributed by atoms with Gasteiger partial charge in [-0.1, -0.05) is 12.1 Å². The van der Waals surface area contributed by atoms with E-state index in [0.717, 1.165) is 22.9 Å². The molecule has 1 atom stereocenters. The first-order valence-electron chi connectivity index (χ1n) is 8.70. The Balaban J connectivity index is 1.79. The monoisotopic (exact) mass is 360 g/mol. The number of carbonyl (C=O) groups excluding carboxylic acids is 1. The minimum atomic E-state index is -0.286. The number of nitrogens with zero attached hydrogens (tertiary/aromatic N) is 2. The van der Waals surface area contributed by atoms with Crippen LogP contribution in [0.15, 0.2) is 77.4 Å². The fourth-order valence-corrected chi connectivity index (χ4v) is 3.32. The van der Waals surface area contributed by atoms with Crippen LogP contribution < -0.4 is 14.5 Å². The number of benzene rings is 2. The lowest BCUT2D eigenvalue weighted by Crippen LogP contribution is -2.53. The molecule has 136 valence electrons. The summed E-state index contributed by atoms with van der Waals surface area (Å²) >= 11 is 0. The Hall–Kier alpha value is -3.47. The molecule has 0 radical (unpaired) electrons. The fraction of sp³-hybridized carbons (Fsp3) is 0.136. The molecule has 0 N–H and O–H groups in total. The minimum Gasteiger partial charge on any atom is -0.497 e. The van der Waals surface area contributed by atoms with Crippen molar-refractivity contribution in [2.75, 3.05) is 24.0 Å². The second-order valence-electron chi connectivity index (χ2n) is 6.29. The first-order valence-corrected chi connectivity index (χ1v) is 8.70. The van der Waals surface area contributed by atoms with Crippen LogP contribution in [0.25, 0.3) is 6.08 Å². The largest absolute Gasteiger partial charge is 0.497 e. The van der Waals surface area contributed by atoms with Crippen molar-refractivity contribution in [2.45, 2.75) is 6.17 Å². The third-order valence-electron chi connectivity index (χ3n) is 4.72. The van der Waals surface area contributed by atoms with Crippen molar-refractivity contribution >= 4 is 23.4 Å². The van der Waals surface area contributed by atoms with Crippen molar-refractivity contribution in [1.29, 1.82) is 0 Å². The Labute approximate surface area is 158 Å². The summed E-state index contributed by atoms with van der Waals surface area (Å²) in [5, 5.41) is 0. The maximum absolute atomic E-state index is 13.3. The van der Waals surface area contributed by atoms with Crippen LogP contribution in [-0.4, -0.2) is 26.2 Å². The van der Waals surface area contributed by atoms with Crippen molar-refractivity contribution in [3.05, 3.63) is 84.3 Å². The molecule has 2 heterocycles. The maximum Gasteiger partial charge on any atom is 0.262 e. The third-order valence-corrected chi connectivity index (χ3v) is 4.72. The number of para-hydroxylation sites is 1. The highest BCUT2D eigenvalue weighted by Crippen LogP contribution is 2.34. The van der Waals surface area contributed by atoms with E-state index in [-0.39, 0.29) is 12.1 Å². The summed E-state index contributed by atoms with van der Waals surface area (Å²) in [5.74, 6) is 1.45. The Bertz CT molecular complexity index is 961. The summed E-state index contributed by atoms with van der Waals surface area (Å²) in [6.45, 7) is 0. The molecule has 5 nitrogen and oxygen atoms in total. The number of amides is 1. The number of hydrogen-bond donors (Lipinski definition) is 0. The van der Waals surface area contributed by atoms with Crippen molar-refractivity contribution in [3.8, 4) is 5.75 Å². The van der Waals surface area contributed by atoms with Gasteiger partial charge in [0.25, 0.3) is 5.91 Å². The highest BCUT2D eigenvalue weighted by atomic mass is 16.5. The number of fused-ring (bicyclic) bond motifs is 1. The van der Waals surface area contributed by atoms with Crippen LogP contribution in [0.4, 0.5) is 11.4 Å². The molecule has 0 spiro atoms. The van der Waals surface area contributed by atoms with Gasteiger partial charge in [0.05, 0.1) is 24.6 Å². The Morgan fingerprint density at radius 1 is 1.04 bits per heavy atom. The van der Waals surface area contributed by atoms with Gasteiger partial charge in [0.1, 0.15) is 17.7 Å². The van der Waals surface area contributed by atoms with Crippen LogP contribution in [0.2, 0.25) is 0 Å². The van der Waals surface area contributed by atoms with E-state index in [0.29, 0.717) is 5.56 Å². The van der Waals surface area contributed by atoms with E-state index in [1.54, 1.807) is 18.3 Å². The van der Waals surface area contributed by atoms with Crippen LogP contribution in [0, 0.1) is 0 Å². The highest BCUT2D eigenvalue weighted by Gasteiger charge is 2.35. The summed E-state index contributed by atoms with van der Waals surface area (Å²) in [7, 11) is 3.61. The molecular formula is C22H20N2O3. The predicted octanol–water partition coefficient (Wildman–Crippen LogP) is 4.42. The summed E-state index contributed by atoms with van der Waals surface area (Å²) in [6, 6.07) is 18.9. The number of hydrogen-bond acceptors (Lipinski definition) is 4. The number of anilines is 2. The standard InChI is InChI=1S/C22H20N2O3/c1-23-20-8-4-3-7-19(20)22(25)24(16-9-11-17(26-2)12-10-16)21(23)14-13-18-6-5-15-27-18/h3-15,21H,1-2H3/b14-13-/t21-/m0/s1. The lowest BCUT2D eigenvalue weighted by molar-refractivity contribution is 0.0975. The quantitative estimate of drug-likeness (QED) is 0.691. The van der Waals surface area contributed by atoms with Crippen LogP contribution in [0.1, 0.15) is 16.1 Å². The van der Waals surface area contributed by atoms with E-state index in [1.807, 2.05) is 79.9 Å². The van der Waals surface area contributed by atoms with Gasteiger partial charge < -0.3 is 14.1 Å². The molecule has 3 aromatic rings. The first-order chi connectivity index (χ1) is 13.2. The normalized spacial score (nSPS) is 16.7. The average Bonchev–Trinajstić information content (AvgIpc) is 3.23. The van der Waals surface area contributed by atoms with Gasteiger partial charge in [0.2, 0.25) is 0 Å². The van der Waals surface area contributed by atoms with Gasteiger partial charge in [0, 0.05) is 12.7 Å². The molecule has 1 amide bonds. The van der Waals surface area contributed by atoms with Gasteiger partial charge in [-0.05, 0) is 60.7 Å². The number of carbonyl (C=O) groups is 1. The molecule has 1 aliphatic heterocycles. The average molecular weight is 360 g/mol. The van der Waals surface area contributed by atoms with Gasteiger partial charge >= 0.3 is 0 Å². The van der Waals surface area contributed by atoms with Crippen LogP contribution >= 0.6 is 0 Å². The van der Waals surface area contributed by atoms with E-state index in [4.69, 9.17) is 9.15 Å². The SMILES string of the molecule is COc1ccc(N2C(=O)c3ccccc3N(C)[C@@H]2/C=C\c2ccco2)cc1. The molecule has 0 bridgehead atoms. The Kier molecular flexibility index (Phi) is 4.42. The summed E-state index contributed by atoms with van der Waals surface area (Å²) in [6.07, 6.45) is 5.20. The van der Waals surface area contributed by atoms with E-state index in [2.05, 4.69) is 4.90 Å². The lowest BCUT2D eigenvalue weighted by Gasteiger charge is -2.42. The second kappa shape index (κ2) is 7.03. The molecule has 0 saturated heterocycles. The molecule has 4 rings (SSSR count). The predicted molar refractivity (Wildman–Crippen MR) is 106 cm³/mol. The number of methoxy groups -OCH3 is 1. The molecule has 5 heteroatoms. The topological polar surface area (TPSA) is 45.9 Å². The molecule has 2 aromatic carbocycles. The summed E-state index contributed by atoms with van der Waals surface area (Å²) in [5.41, 5.74) is 2.39. The Morgan fingerprint density at radius 3 is 2.52 bits per heavy atom. The second-order valence-corrected chi connectivity index (χ2v) is 6.29. The summed E-state index contributed by atoms with van der Waals surface area (Å²) < 4.78 is 10.6. The molecular weight excluding hydrogens is 340 g/mol. The molecule has 0 saturated carbocycles. The lowest BCUT2D eigenvalue weighted by atomic mass is 10.0. The number of ether oxygens (including phenoxy) is 1. The molecule has 27 heavy (non-hydrogen) atoms. The van der Waals surface area contributed by atoms with Crippen molar-refractivity contribution < 1.29 is 13.9 Å². The number of rotatable bonds is 4. The van der Waals surface area contributed by atoms with E-state index in [1.165, 1.54) is 0 Å². The molecule has 0 aliphatic carbocycles. The molecule has 0 unspecified atom stereocenters. The maximum atomic E-state index is 13.3. The van der Waals surface area contributed by atoms with Gasteiger partial charge in [-0.2, -0.15) is 0 Å². The highest BCUT2D eigenvalue weighted by molar-refractivity contribution is 6.12. The zero-order chi connectivity index (χ0) is 18.8. The van der Waals surface area contributed by atoms with Crippen molar-refractivity contribution in [2.24, 2.45) is 0 Å². The summed E-state index contributed by atoms with van der Waals surface area (Å²) in [4.78, 5) is 17.2. The zero-order valence-corrected chi connectivity index (χ0v) is 15.2. The zero-order valence-electron chi connectivity index (χ0n) is 15.2. The molecule has 0 fully saturated rings. The van der Waals surface area contributed by atoms with Crippen LogP contribution in [0.3, 0.4) is 0 Å². The molecule has 1 aromatic heterocycles. The van der Waals surface area contributed by atoms with Gasteiger partial charge in [-0.3, -0.25) is 9.69 Å². The number of furan rings is 1. The van der Waals surface area contributed by atoms with Crippen molar-refractivity contribution in [3.63, 3.8) is 0 Å². The fourth-order valence-electron chi connectivity index (χ4n) is 3.32. The van der Waals surface area contributed by atoms with Gasteiger partial charge in [-0.25, -0.2) is 0 Å². The van der Waals surface area contributed by atoms with E-state index in [9.17, 15) is 4.79 Å². The third kappa shape index (κ3) is 3.08. The van der Waals surface area contributed by atoms with E-state index < -0.39 is 0 Å². The minimum absolute atomic E-state index is 0.0389. The van der Waals surface area contributed by atoms with Gasteiger partial charge in [0.15, 0.2) is 0 Å². The molecule has 1 aliphatic rings. The first kappa shape index (κ1) is 17.0. The Morgan fingerprint density at radius 2 is 1.81 bits per heavy atom. The van der Waals surface area contributed by atoms with E-state index >= 15 is 0 Å². The van der Waals surface area contributed by atoms with Crippen molar-refractivity contribution in [1.82, 2.24) is 0 Å². The smallest absolute Gasteiger partial charge is 0.262 e. The van der Waals surface area contributed by atoms with Crippen LogP contribution in [-0.2, 0) is 0 Å². The number of likely N-dealkylation sites (N-methyl/N-ethyl adjacent to an activating group) is 1. The van der Waals surface area contributed by atoms with Crippen LogP contribution in [0.5, 0.6) is 5.75 Å². The van der Waals surface area contributed by atoms with Gasteiger partial charge in [-0.15, -0.1) is 0 Å².